The van der Waals surface area contributed by atoms with Gasteiger partial charge in [-0.2, -0.15) is 0 Å². The molecule has 4 heteroatoms. The van der Waals surface area contributed by atoms with E-state index in [-0.39, 0.29) is 11.8 Å². The van der Waals surface area contributed by atoms with Crippen molar-refractivity contribution in [2.24, 2.45) is 17.6 Å². The lowest BCUT2D eigenvalue weighted by molar-refractivity contribution is -0.119. The largest absolute Gasteiger partial charge is 0.396 e. The van der Waals surface area contributed by atoms with E-state index in [0.29, 0.717) is 12.5 Å². The van der Waals surface area contributed by atoms with Crippen molar-refractivity contribution in [3.05, 3.63) is 0 Å². The van der Waals surface area contributed by atoms with Crippen LogP contribution in [0.1, 0.15) is 25.7 Å². The maximum Gasteiger partial charge on any atom is 0.220 e. The van der Waals surface area contributed by atoms with E-state index in [1.165, 1.54) is 12.8 Å². The third-order valence-electron chi connectivity index (χ3n) is 2.64. The molecule has 1 amide bonds. The molecule has 14 heavy (non-hydrogen) atoms. The summed E-state index contributed by atoms with van der Waals surface area (Å²) in [5, 5.41) is 11.9. The molecular formula is C10H20N2O2. The minimum Gasteiger partial charge on any atom is -0.396 e. The number of primary amides is 1. The molecule has 2 fully saturated rings. The average molecular weight is 200 g/mol. The fraction of sp³-hybridized carbons (Fsp3) is 0.900. The number of piperidine rings is 1. The first-order valence-corrected chi connectivity index (χ1v) is 5.35. The molecule has 2 aliphatic rings. The predicted molar refractivity (Wildman–Crippen MR) is 54.6 cm³/mol. The Morgan fingerprint density at radius 2 is 2.14 bits per heavy atom. The molecule has 0 aromatic carbocycles. The molecule has 82 valence electrons. The van der Waals surface area contributed by atoms with E-state index in [4.69, 9.17) is 10.8 Å². The van der Waals surface area contributed by atoms with Crippen LogP contribution >= 0.6 is 0 Å². The summed E-state index contributed by atoms with van der Waals surface area (Å²) in [4.78, 5) is 9.98. The second-order valence-corrected chi connectivity index (χ2v) is 4.07. The van der Waals surface area contributed by atoms with E-state index in [9.17, 15) is 4.79 Å². The van der Waals surface area contributed by atoms with Gasteiger partial charge in [0.05, 0.1) is 0 Å². The quantitative estimate of drug-likeness (QED) is 0.581. The average Bonchev–Trinajstić information content (AvgIpc) is 3.03. The van der Waals surface area contributed by atoms with Gasteiger partial charge in [0.25, 0.3) is 0 Å². The molecule has 0 aromatic rings. The van der Waals surface area contributed by atoms with E-state index in [2.05, 4.69) is 5.32 Å². The zero-order valence-corrected chi connectivity index (χ0v) is 8.54. The summed E-state index contributed by atoms with van der Waals surface area (Å²) in [5.74, 6) is 0.642. The summed E-state index contributed by atoms with van der Waals surface area (Å²) in [5.41, 5.74) is 4.86. The van der Waals surface area contributed by atoms with Crippen LogP contribution in [0.2, 0.25) is 0 Å². The molecule has 4 N–H and O–H groups in total. The molecule has 0 bridgehead atoms. The number of nitrogens with one attached hydrogen (secondary N) is 1. The van der Waals surface area contributed by atoms with Gasteiger partial charge in [0, 0.05) is 19.1 Å². The predicted octanol–water partition coefficient (Wildman–Crippen LogP) is -0.140. The number of nitrogens with two attached hydrogens (primary N) is 1. The monoisotopic (exact) mass is 200 g/mol. The van der Waals surface area contributed by atoms with Crippen LogP contribution in [-0.2, 0) is 4.79 Å². The number of aliphatic hydroxyl groups excluding tert-OH is 1. The summed E-state index contributed by atoms with van der Waals surface area (Å²) < 4.78 is 0. The Kier molecular flexibility index (Phi) is 4.90. The van der Waals surface area contributed by atoms with Crippen LogP contribution in [0.25, 0.3) is 0 Å². The molecule has 0 spiro atoms. The van der Waals surface area contributed by atoms with Gasteiger partial charge >= 0.3 is 0 Å². The van der Waals surface area contributed by atoms with Gasteiger partial charge in [-0.25, -0.2) is 0 Å². The van der Waals surface area contributed by atoms with Crippen molar-refractivity contribution >= 4 is 5.91 Å². The fourth-order valence-corrected chi connectivity index (χ4v) is 1.45. The van der Waals surface area contributed by atoms with Crippen LogP contribution in [0.4, 0.5) is 0 Å². The summed E-state index contributed by atoms with van der Waals surface area (Å²) in [6.07, 6.45) is 4.47. The zero-order chi connectivity index (χ0) is 10.4. The summed E-state index contributed by atoms with van der Waals surface area (Å²) in [7, 11) is 0. The number of hydrogen-bond acceptors (Lipinski definition) is 3. The van der Waals surface area contributed by atoms with Crippen molar-refractivity contribution in [3.8, 4) is 0 Å². The molecular weight excluding hydrogens is 180 g/mol. The van der Waals surface area contributed by atoms with Gasteiger partial charge in [-0.3, -0.25) is 4.79 Å². The van der Waals surface area contributed by atoms with Crippen molar-refractivity contribution < 1.29 is 9.90 Å². The highest BCUT2D eigenvalue weighted by molar-refractivity contribution is 5.78. The van der Waals surface area contributed by atoms with E-state index in [1.807, 2.05) is 0 Å². The number of carbonyl (C=O) groups is 1. The second kappa shape index (κ2) is 5.98. The minimum atomic E-state index is -0.130. The Morgan fingerprint density at radius 1 is 1.43 bits per heavy atom. The van der Waals surface area contributed by atoms with Crippen LogP contribution in [0.15, 0.2) is 0 Å². The highest BCUT2D eigenvalue weighted by atomic mass is 16.3. The molecule has 0 radical (unpaired) electrons. The van der Waals surface area contributed by atoms with E-state index in [0.717, 1.165) is 25.9 Å². The van der Waals surface area contributed by atoms with Crippen LogP contribution in [0, 0.1) is 11.8 Å². The molecule has 1 saturated heterocycles. The number of aliphatic hydroxyl groups is 1. The summed E-state index contributed by atoms with van der Waals surface area (Å²) >= 11 is 0. The smallest absolute Gasteiger partial charge is 0.220 e. The summed E-state index contributed by atoms with van der Waals surface area (Å²) in [6, 6.07) is 0. The molecule has 1 unspecified atom stereocenters. The van der Waals surface area contributed by atoms with Gasteiger partial charge in [0.2, 0.25) is 5.91 Å². The number of hydrogen-bond donors (Lipinski definition) is 3. The SMILES string of the molecule is NC(=O)C1CC1.OCC1CCCNC1. The van der Waals surface area contributed by atoms with Crippen LogP contribution in [0.3, 0.4) is 0 Å². The van der Waals surface area contributed by atoms with Crippen molar-refractivity contribution in [1.29, 1.82) is 0 Å². The van der Waals surface area contributed by atoms with Gasteiger partial charge in [-0.15, -0.1) is 0 Å². The highest BCUT2D eigenvalue weighted by Crippen LogP contribution is 2.27. The molecule has 1 heterocycles. The Hall–Kier alpha value is -0.610. The first kappa shape index (κ1) is 11.5. The summed E-state index contributed by atoms with van der Waals surface area (Å²) in [6.45, 7) is 2.50. The van der Waals surface area contributed by atoms with E-state index in [1.54, 1.807) is 0 Å². The van der Waals surface area contributed by atoms with Crippen LogP contribution in [0.5, 0.6) is 0 Å². The molecule has 1 atom stereocenters. The van der Waals surface area contributed by atoms with Gasteiger partial charge in [-0.05, 0) is 38.1 Å². The van der Waals surface area contributed by atoms with Gasteiger partial charge in [0.1, 0.15) is 0 Å². The van der Waals surface area contributed by atoms with Crippen molar-refractivity contribution in [2.75, 3.05) is 19.7 Å². The molecule has 1 aliphatic heterocycles. The van der Waals surface area contributed by atoms with Gasteiger partial charge < -0.3 is 16.2 Å². The van der Waals surface area contributed by atoms with Crippen molar-refractivity contribution in [1.82, 2.24) is 5.32 Å². The molecule has 2 rings (SSSR count). The Balaban J connectivity index is 0.000000146. The van der Waals surface area contributed by atoms with Gasteiger partial charge in [0.15, 0.2) is 0 Å². The maximum absolute atomic E-state index is 9.98. The molecule has 1 aliphatic carbocycles. The fourth-order valence-electron chi connectivity index (χ4n) is 1.45. The van der Waals surface area contributed by atoms with Crippen molar-refractivity contribution in [3.63, 3.8) is 0 Å². The van der Waals surface area contributed by atoms with E-state index >= 15 is 0 Å². The first-order valence-electron chi connectivity index (χ1n) is 5.35. The zero-order valence-electron chi connectivity index (χ0n) is 8.54. The first-order chi connectivity index (χ1) is 6.74. The lowest BCUT2D eigenvalue weighted by Crippen LogP contribution is -2.31. The Bertz CT molecular complexity index is 175. The molecule has 1 saturated carbocycles. The van der Waals surface area contributed by atoms with Crippen LogP contribution < -0.4 is 11.1 Å². The lowest BCUT2D eigenvalue weighted by Gasteiger charge is -2.19. The number of rotatable bonds is 2. The second-order valence-electron chi connectivity index (χ2n) is 4.07. The van der Waals surface area contributed by atoms with Crippen LogP contribution in [-0.4, -0.2) is 30.7 Å². The topological polar surface area (TPSA) is 75.4 Å². The third kappa shape index (κ3) is 4.58. The van der Waals surface area contributed by atoms with E-state index < -0.39 is 0 Å². The Morgan fingerprint density at radius 3 is 2.36 bits per heavy atom. The van der Waals surface area contributed by atoms with Gasteiger partial charge in [-0.1, -0.05) is 0 Å². The Labute approximate surface area is 84.9 Å². The lowest BCUT2D eigenvalue weighted by atomic mass is 10.0. The van der Waals surface area contributed by atoms with Crippen molar-refractivity contribution in [2.45, 2.75) is 25.7 Å². The number of carbonyl (C=O) groups excluding carboxylic acids is 1. The molecule has 4 nitrogen and oxygen atoms in total. The minimum absolute atomic E-state index is 0.130. The third-order valence-corrected chi connectivity index (χ3v) is 2.64. The highest BCUT2D eigenvalue weighted by Gasteiger charge is 2.26. The maximum atomic E-state index is 9.98. The number of amides is 1. The standard InChI is InChI=1S/C6H13NO.C4H7NO/c8-5-6-2-1-3-7-4-6;5-4(6)3-1-2-3/h6-8H,1-5H2;3H,1-2H2,(H2,5,6). The molecule has 0 aromatic heterocycles. The normalized spacial score (nSPS) is 26.2.